The molecule has 0 saturated heterocycles. The number of rotatable bonds is 3. The van der Waals surface area contributed by atoms with Crippen LogP contribution in [-0.4, -0.2) is 4.98 Å². The third-order valence-corrected chi connectivity index (χ3v) is 3.57. The average Bonchev–Trinajstić information content (AvgIpc) is 2.91. The standard InChI is InChI=1S/C12H15N.C7H9N/c1-2-3-7-11-9-10-6-4-5-8-12(10)13-11;1-6-4-2-3-5-7(6)8/h4-6,8-9,13H,2-3,7H2,1H3;2-5H,8H2,1H3. The lowest BCUT2D eigenvalue weighted by Gasteiger charge is -1.93. The predicted molar refractivity (Wildman–Crippen MR) is 92.5 cm³/mol. The van der Waals surface area contributed by atoms with Gasteiger partial charge < -0.3 is 10.7 Å². The van der Waals surface area contributed by atoms with Crippen molar-refractivity contribution < 1.29 is 0 Å². The molecule has 0 amide bonds. The van der Waals surface area contributed by atoms with Crippen LogP contribution in [0.5, 0.6) is 0 Å². The van der Waals surface area contributed by atoms with Gasteiger partial charge in [0.1, 0.15) is 0 Å². The maximum Gasteiger partial charge on any atom is 0.0456 e. The molecular weight excluding hydrogens is 256 g/mol. The lowest BCUT2D eigenvalue weighted by molar-refractivity contribution is 0.782. The van der Waals surface area contributed by atoms with Gasteiger partial charge in [0.15, 0.2) is 0 Å². The van der Waals surface area contributed by atoms with Gasteiger partial charge >= 0.3 is 0 Å². The van der Waals surface area contributed by atoms with Gasteiger partial charge in [-0.05, 0) is 48.9 Å². The summed E-state index contributed by atoms with van der Waals surface area (Å²) in [5.41, 5.74) is 10.2. The molecule has 0 bridgehead atoms. The lowest BCUT2D eigenvalue weighted by Crippen LogP contribution is -1.85. The lowest BCUT2D eigenvalue weighted by atomic mass is 10.2. The highest BCUT2D eigenvalue weighted by Gasteiger charge is 1.98. The van der Waals surface area contributed by atoms with Crippen molar-refractivity contribution in [2.45, 2.75) is 33.1 Å². The largest absolute Gasteiger partial charge is 0.399 e. The first-order valence-corrected chi connectivity index (χ1v) is 7.58. The molecule has 0 aliphatic heterocycles. The summed E-state index contributed by atoms with van der Waals surface area (Å²) in [6.45, 7) is 4.22. The van der Waals surface area contributed by atoms with E-state index in [0.717, 1.165) is 11.3 Å². The van der Waals surface area contributed by atoms with Gasteiger partial charge in [0.05, 0.1) is 0 Å². The number of nitrogens with one attached hydrogen (secondary N) is 1. The fourth-order valence-electron chi connectivity index (χ4n) is 2.22. The Morgan fingerprint density at radius 3 is 2.33 bits per heavy atom. The molecular formula is C19H24N2. The number of aromatic amines is 1. The first-order chi connectivity index (χ1) is 10.2. The quantitative estimate of drug-likeness (QED) is 0.645. The van der Waals surface area contributed by atoms with E-state index in [9.17, 15) is 0 Å². The van der Waals surface area contributed by atoms with Crippen molar-refractivity contribution in [3.63, 3.8) is 0 Å². The Bertz CT molecular complexity index is 629. The van der Waals surface area contributed by atoms with Gasteiger partial charge in [0.25, 0.3) is 0 Å². The van der Waals surface area contributed by atoms with Gasteiger partial charge in [0.2, 0.25) is 0 Å². The van der Waals surface area contributed by atoms with Crippen LogP contribution in [0.3, 0.4) is 0 Å². The zero-order valence-electron chi connectivity index (χ0n) is 12.9. The Kier molecular flexibility index (Phi) is 5.44. The maximum atomic E-state index is 5.52. The summed E-state index contributed by atoms with van der Waals surface area (Å²) >= 11 is 0. The summed E-state index contributed by atoms with van der Waals surface area (Å²) < 4.78 is 0. The van der Waals surface area contributed by atoms with Crippen molar-refractivity contribution in [3.05, 3.63) is 65.9 Å². The van der Waals surface area contributed by atoms with Gasteiger partial charge in [-0.15, -0.1) is 0 Å². The van der Waals surface area contributed by atoms with E-state index in [-0.39, 0.29) is 0 Å². The number of benzene rings is 2. The molecule has 0 radical (unpaired) electrons. The van der Waals surface area contributed by atoms with Crippen LogP contribution in [0.4, 0.5) is 5.69 Å². The van der Waals surface area contributed by atoms with Crippen LogP contribution in [0.25, 0.3) is 10.9 Å². The van der Waals surface area contributed by atoms with Gasteiger partial charge in [-0.2, -0.15) is 0 Å². The number of hydrogen-bond acceptors (Lipinski definition) is 1. The van der Waals surface area contributed by atoms with Crippen molar-refractivity contribution in [2.75, 3.05) is 5.73 Å². The smallest absolute Gasteiger partial charge is 0.0456 e. The summed E-state index contributed by atoms with van der Waals surface area (Å²) in [6, 6.07) is 18.5. The molecule has 0 unspecified atom stereocenters. The predicted octanol–water partition coefficient (Wildman–Crippen LogP) is 5.09. The molecule has 1 aromatic heterocycles. The van der Waals surface area contributed by atoms with Crippen molar-refractivity contribution in [1.82, 2.24) is 4.98 Å². The molecule has 21 heavy (non-hydrogen) atoms. The number of aromatic nitrogens is 1. The summed E-state index contributed by atoms with van der Waals surface area (Å²) in [6.07, 6.45) is 3.70. The number of para-hydroxylation sites is 2. The number of aryl methyl sites for hydroxylation is 2. The van der Waals surface area contributed by atoms with E-state index in [4.69, 9.17) is 5.73 Å². The third-order valence-electron chi connectivity index (χ3n) is 3.57. The SMILES string of the molecule is CCCCc1cc2ccccc2[nH]1.Cc1ccccc1N. The number of H-pyrrole nitrogens is 1. The first-order valence-electron chi connectivity index (χ1n) is 7.58. The Labute approximate surface area is 127 Å². The molecule has 0 saturated carbocycles. The molecule has 0 aliphatic carbocycles. The highest BCUT2D eigenvalue weighted by atomic mass is 14.7. The van der Waals surface area contributed by atoms with Crippen molar-refractivity contribution >= 4 is 16.6 Å². The normalized spacial score (nSPS) is 10.2. The second-order valence-corrected chi connectivity index (χ2v) is 5.34. The first kappa shape index (κ1) is 15.2. The van der Waals surface area contributed by atoms with Crippen LogP contribution >= 0.6 is 0 Å². The summed E-state index contributed by atoms with van der Waals surface area (Å²) in [7, 11) is 0. The number of hydrogen-bond donors (Lipinski definition) is 2. The zero-order chi connectivity index (χ0) is 15.1. The second-order valence-electron chi connectivity index (χ2n) is 5.34. The minimum Gasteiger partial charge on any atom is -0.399 e. The third kappa shape index (κ3) is 4.38. The van der Waals surface area contributed by atoms with Crippen LogP contribution in [0.1, 0.15) is 31.0 Å². The van der Waals surface area contributed by atoms with Gasteiger partial charge in [-0.1, -0.05) is 49.7 Å². The number of nitrogen functional groups attached to an aromatic ring is 1. The molecule has 3 aromatic rings. The minimum absolute atomic E-state index is 0.868. The number of nitrogens with two attached hydrogens (primary N) is 1. The molecule has 110 valence electrons. The Balaban J connectivity index is 0.000000173. The zero-order valence-corrected chi connectivity index (χ0v) is 12.9. The topological polar surface area (TPSA) is 41.8 Å². The highest BCUT2D eigenvalue weighted by molar-refractivity contribution is 5.80. The van der Waals surface area contributed by atoms with Gasteiger partial charge in [0, 0.05) is 16.9 Å². The van der Waals surface area contributed by atoms with E-state index < -0.39 is 0 Å². The fraction of sp³-hybridized carbons (Fsp3) is 0.263. The van der Waals surface area contributed by atoms with E-state index in [0.29, 0.717) is 0 Å². The molecule has 2 nitrogen and oxygen atoms in total. The fourth-order valence-corrected chi connectivity index (χ4v) is 2.22. The minimum atomic E-state index is 0.868. The molecule has 3 N–H and O–H groups in total. The number of fused-ring (bicyclic) bond motifs is 1. The molecule has 2 heteroatoms. The maximum absolute atomic E-state index is 5.52. The van der Waals surface area contributed by atoms with Crippen LogP contribution < -0.4 is 5.73 Å². The molecule has 0 spiro atoms. The monoisotopic (exact) mass is 280 g/mol. The molecule has 0 aliphatic rings. The van der Waals surface area contributed by atoms with Crippen LogP contribution in [-0.2, 0) is 6.42 Å². The van der Waals surface area contributed by atoms with Gasteiger partial charge in [-0.3, -0.25) is 0 Å². The van der Waals surface area contributed by atoms with E-state index in [2.05, 4.69) is 42.2 Å². The molecule has 0 fully saturated rings. The molecule has 1 heterocycles. The highest BCUT2D eigenvalue weighted by Crippen LogP contribution is 2.15. The van der Waals surface area contributed by atoms with Gasteiger partial charge in [-0.25, -0.2) is 0 Å². The Morgan fingerprint density at radius 1 is 1.00 bits per heavy atom. The van der Waals surface area contributed by atoms with Crippen LogP contribution in [0.15, 0.2) is 54.6 Å². The Morgan fingerprint density at radius 2 is 1.71 bits per heavy atom. The average molecular weight is 280 g/mol. The molecule has 0 atom stereocenters. The van der Waals surface area contributed by atoms with E-state index >= 15 is 0 Å². The molecule has 2 aromatic carbocycles. The van der Waals surface area contributed by atoms with Crippen LogP contribution in [0, 0.1) is 6.92 Å². The van der Waals surface area contributed by atoms with Crippen molar-refractivity contribution in [3.8, 4) is 0 Å². The second kappa shape index (κ2) is 7.53. The van der Waals surface area contributed by atoms with E-state index in [1.54, 1.807) is 0 Å². The summed E-state index contributed by atoms with van der Waals surface area (Å²) in [5.74, 6) is 0. The Hall–Kier alpha value is -2.22. The number of unbranched alkanes of at least 4 members (excludes halogenated alkanes) is 1. The molecule has 3 rings (SSSR count). The van der Waals surface area contributed by atoms with Crippen molar-refractivity contribution in [1.29, 1.82) is 0 Å². The van der Waals surface area contributed by atoms with Crippen LogP contribution in [0.2, 0.25) is 0 Å². The summed E-state index contributed by atoms with van der Waals surface area (Å²) in [4.78, 5) is 3.43. The van der Waals surface area contributed by atoms with E-state index in [1.165, 1.54) is 35.9 Å². The van der Waals surface area contributed by atoms with E-state index in [1.807, 2.05) is 31.2 Å². The van der Waals surface area contributed by atoms with Crippen molar-refractivity contribution in [2.24, 2.45) is 0 Å². The summed E-state index contributed by atoms with van der Waals surface area (Å²) in [5, 5.41) is 1.33. The number of anilines is 1.